The van der Waals surface area contributed by atoms with Gasteiger partial charge in [-0.3, -0.25) is 0 Å². The van der Waals surface area contributed by atoms with Crippen LogP contribution in [0.5, 0.6) is 5.75 Å². The van der Waals surface area contributed by atoms with E-state index in [1.165, 1.54) is 5.56 Å². The summed E-state index contributed by atoms with van der Waals surface area (Å²) in [4.78, 5) is 11.3. The largest absolute Gasteiger partial charge is 0.482 e. The van der Waals surface area contributed by atoms with Crippen molar-refractivity contribution in [2.24, 2.45) is 5.92 Å². The lowest BCUT2D eigenvalue weighted by molar-refractivity contribution is -0.149. The predicted molar refractivity (Wildman–Crippen MR) is 79.7 cm³/mol. The van der Waals surface area contributed by atoms with Crippen LogP contribution >= 0.6 is 0 Å². The third-order valence-corrected chi connectivity index (χ3v) is 2.53. The Morgan fingerprint density at radius 2 is 1.80 bits per heavy atom. The average molecular weight is 279 g/mol. The van der Waals surface area contributed by atoms with Crippen LogP contribution in [-0.2, 0) is 16.1 Å². The minimum Gasteiger partial charge on any atom is -0.482 e. The molecule has 112 valence electrons. The number of esters is 1. The zero-order chi connectivity index (χ0) is 15.0. The van der Waals surface area contributed by atoms with Gasteiger partial charge in [-0.05, 0) is 44.0 Å². The van der Waals surface area contributed by atoms with Gasteiger partial charge in [-0.25, -0.2) is 4.79 Å². The predicted octanol–water partition coefficient (Wildman–Crippen LogP) is 2.76. The molecule has 1 aromatic carbocycles. The molecule has 20 heavy (non-hydrogen) atoms. The maximum absolute atomic E-state index is 11.3. The van der Waals surface area contributed by atoms with E-state index in [4.69, 9.17) is 9.47 Å². The fourth-order valence-corrected chi connectivity index (χ4v) is 1.65. The molecule has 4 heteroatoms. The molecule has 0 heterocycles. The van der Waals surface area contributed by atoms with Crippen LogP contribution in [-0.4, -0.2) is 25.2 Å². The number of carbonyl (C=O) groups is 1. The van der Waals surface area contributed by atoms with Gasteiger partial charge in [-0.2, -0.15) is 0 Å². The first-order valence-corrected chi connectivity index (χ1v) is 7.09. The Hall–Kier alpha value is -1.55. The van der Waals surface area contributed by atoms with Crippen LogP contribution < -0.4 is 10.1 Å². The molecule has 0 amide bonds. The van der Waals surface area contributed by atoms with Crippen LogP contribution in [0, 0.1) is 5.92 Å². The molecule has 0 saturated heterocycles. The van der Waals surface area contributed by atoms with Gasteiger partial charge >= 0.3 is 5.97 Å². The van der Waals surface area contributed by atoms with E-state index in [2.05, 4.69) is 19.2 Å². The van der Waals surface area contributed by atoms with Gasteiger partial charge < -0.3 is 14.8 Å². The number of hydrogen-bond donors (Lipinski definition) is 1. The second kappa shape index (κ2) is 8.59. The smallest absolute Gasteiger partial charge is 0.344 e. The van der Waals surface area contributed by atoms with Crippen LogP contribution in [0.15, 0.2) is 24.3 Å². The molecular weight excluding hydrogens is 254 g/mol. The average Bonchev–Trinajstić information content (AvgIpc) is 2.36. The van der Waals surface area contributed by atoms with Gasteiger partial charge in [-0.1, -0.05) is 26.0 Å². The lowest BCUT2D eigenvalue weighted by atomic mass is 10.2. The number of rotatable bonds is 8. The van der Waals surface area contributed by atoms with E-state index in [9.17, 15) is 4.79 Å². The molecule has 0 radical (unpaired) electrons. The topological polar surface area (TPSA) is 47.6 Å². The summed E-state index contributed by atoms with van der Waals surface area (Å²) in [6.07, 6.45) is -0.111. The maximum Gasteiger partial charge on any atom is 0.344 e. The fraction of sp³-hybridized carbons (Fsp3) is 0.562. The van der Waals surface area contributed by atoms with E-state index < -0.39 is 0 Å². The van der Waals surface area contributed by atoms with E-state index in [-0.39, 0.29) is 18.7 Å². The Balaban J connectivity index is 2.33. The Labute approximate surface area is 121 Å². The molecule has 0 aromatic heterocycles. The van der Waals surface area contributed by atoms with Gasteiger partial charge in [0, 0.05) is 6.54 Å². The van der Waals surface area contributed by atoms with Crippen molar-refractivity contribution in [3.8, 4) is 5.75 Å². The van der Waals surface area contributed by atoms with Crippen molar-refractivity contribution < 1.29 is 14.3 Å². The van der Waals surface area contributed by atoms with E-state index in [1.807, 2.05) is 38.1 Å². The van der Waals surface area contributed by atoms with Crippen molar-refractivity contribution in [3.05, 3.63) is 29.8 Å². The number of hydrogen-bond acceptors (Lipinski definition) is 4. The highest BCUT2D eigenvalue weighted by atomic mass is 16.6. The van der Waals surface area contributed by atoms with Crippen LogP contribution in [0.3, 0.4) is 0 Å². The van der Waals surface area contributed by atoms with Gasteiger partial charge in [-0.15, -0.1) is 0 Å². The molecular formula is C16H25NO3. The maximum atomic E-state index is 11.3. The van der Waals surface area contributed by atoms with Gasteiger partial charge in [0.2, 0.25) is 0 Å². The van der Waals surface area contributed by atoms with Crippen LogP contribution in [0.4, 0.5) is 0 Å². The van der Waals surface area contributed by atoms with Crippen LogP contribution in [0.1, 0.15) is 33.3 Å². The Bertz CT molecular complexity index is 399. The summed E-state index contributed by atoms with van der Waals surface area (Å²) in [5, 5.41) is 3.38. The molecule has 0 saturated carbocycles. The third-order valence-electron chi connectivity index (χ3n) is 2.53. The van der Waals surface area contributed by atoms with Crippen molar-refractivity contribution >= 4 is 5.97 Å². The summed E-state index contributed by atoms with van der Waals surface area (Å²) in [5.74, 6) is 0.977. The first-order chi connectivity index (χ1) is 9.47. The highest BCUT2D eigenvalue weighted by Crippen LogP contribution is 2.12. The minimum atomic E-state index is -0.345. The van der Waals surface area contributed by atoms with Crippen molar-refractivity contribution in [2.45, 2.75) is 40.3 Å². The van der Waals surface area contributed by atoms with Crippen LogP contribution in [0.2, 0.25) is 0 Å². The zero-order valence-electron chi connectivity index (χ0n) is 12.8. The molecule has 1 N–H and O–H groups in total. The highest BCUT2D eigenvalue weighted by Gasteiger charge is 2.06. The molecule has 0 spiro atoms. The van der Waals surface area contributed by atoms with Gasteiger partial charge in [0.15, 0.2) is 6.61 Å². The zero-order valence-corrected chi connectivity index (χ0v) is 12.8. The van der Waals surface area contributed by atoms with Crippen molar-refractivity contribution in [1.29, 1.82) is 0 Å². The first kappa shape index (κ1) is 16.5. The lowest BCUT2D eigenvalue weighted by Gasteiger charge is -2.10. The van der Waals surface area contributed by atoms with Crippen molar-refractivity contribution in [2.75, 3.05) is 13.2 Å². The van der Waals surface area contributed by atoms with Crippen molar-refractivity contribution in [1.82, 2.24) is 5.32 Å². The number of ether oxygens (including phenoxy) is 2. The molecule has 4 nitrogen and oxygen atoms in total. The second-order valence-electron chi connectivity index (χ2n) is 5.50. The quantitative estimate of drug-likeness (QED) is 0.743. The molecule has 0 fully saturated rings. The number of carbonyl (C=O) groups excluding carboxylic acids is 1. The monoisotopic (exact) mass is 279 g/mol. The molecule has 0 aliphatic rings. The van der Waals surface area contributed by atoms with E-state index in [0.29, 0.717) is 11.7 Å². The molecule has 0 aliphatic carbocycles. The summed E-state index contributed by atoms with van der Waals surface area (Å²) < 4.78 is 10.4. The third kappa shape index (κ3) is 7.14. The molecule has 1 aromatic rings. The minimum absolute atomic E-state index is 0.0525. The highest BCUT2D eigenvalue weighted by molar-refractivity contribution is 5.71. The fourth-order valence-electron chi connectivity index (χ4n) is 1.65. The van der Waals surface area contributed by atoms with E-state index in [0.717, 1.165) is 13.1 Å². The van der Waals surface area contributed by atoms with Gasteiger partial charge in [0.05, 0.1) is 6.10 Å². The summed E-state index contributed by atoms with van der Waals surface area (Å²) in [7, 11) is 0. The molecule has 0 atom stereocenters. The summed E-state index contributed by atoms with van der Waals surface area (Å²) in [5.41, 5.74) is 1.20. The Kier molecular flexibility index (Phi) is 7.09. The first-order valence-electron chi connectivity index (χ1n) is 7.09. The lowest BCUT2D eigenvalue weighted by Crippen LogP contribution is -2.19. The SMILES string of the molecule is CC(C)CNCc1ccc(OCC(=O)OC(C)C)cc1. The number of benzene rings is 1. The Morgan fingerprint density at radius 1 is 1.15 bits per heavy atom. The van der Waals surface area contributed by atoms with Gasteiger partial charge in [0.1, 0.15) is 5.75 Å². The second-order valence-corrected chi connectivity index (χ2v) is 5.50. The van der Waals surface area contributed by atoms with Crippen molar-refractivity contribution in [3.63, 3.8) is 0 Å². The van der Waals surface area contributed by atoms with E-state index >= 15 is 0 Å². The molecule has 0 unspecified atom stereocenters. The summed E-state index contributed by atoms with van der Waals surface area (Å²) in [6, 6.07) is 7.73. The normalized spacial score (nSPS) is 10.9. The standard InChI is InChI=1S/C16H25NO3/c1-12(2)9-17-10-14-5-7-15(8-6-14)19-11-16(18)20-13(3)4/h5-8,12-13,17H,9-11H2,1-4H3. The molecule has 0 aliphatic heterocycles. The number of nitrogens with one attached hydrogen (secondary N) is 1. The molecule has 1 rings (SSSR count). The van der Waals surface area contributed by atoms with Crippen LogP contribution in [0.25, 0.3) is 0 Å². The summed E-state index contributed by atoms with van der Waals surface area (Å²) >= 11 is 0. The Morgan fingerprint density at radius 3 is 2.35 bits per heavy atom. The summed E-state index contributed by atoms with van der Waals surface area (Å²) in [6.45, 7) is 9.78. The van der Waals surface area contributed by atoms with E-state index in [1.54, 1.807) is 0 Å². The van der Waals surface area contributed by atoms with Gasteiger partial charge in [0.25, 0.3) is 0 Å². The molecule has 0 bridgehead atoms.